The molecule has 6 nitrogen and oxygen atoms in total. The zero-order valence-electron chi connectivity index (χ0n) is 23.5. The first kappa shape index (κ1) is 27.7. The maximum atomic E-state index is 13.5. The number of hydrogen-bond donors (Lipinski definition) is 1. The number of benzene rings is 2. The summed E-state index contributed by atoms with van der Waals surface area (Å²) in [7, 11) is -7.80. The van der Waals surface area contributed by atoms with E-state index >= 15 is 0 Å². The molecule has 0 saturated carbocycles. The first-order valence-corrected chi connectivity index (χ1v) is 16.6. The van der Waals surface area contributed by atoms with E-state index in [1.807, 2.05) is 12.2 Å². The molecule has 0 saturated heterocycles. The third kappa shape index (κ3) is 4.48. The van der Waals surface area contributed by atoms with Gasteiger partial charge in [0.2, 0.25) is 25.5 Å². The Morgan fingerprint density at radius 3 is 1.85 bits per heavy atom. The van der Waals surface area contributed by atoms with Gasteiger partial charge in [-0.05, 0) is 89.1 Å². The minimum Gasteiger partial charge on any atom is -0.506 e. The van der Waals surface area contributed by atoms with Crippen LogP contribution in [-0.4, -0.2) is 27.7 Å². The van der Waals surface area contributed by atoms with E-state index in [0.29, 0.717) is 36.8 Å². The molecule has 8 heteroatoms. The van der Waals surface area contributed by atoms with Crippen LogP contribution in [-0.2, 0) is 19.7 Å². The average molecular weight is 589 g/mol. The van der Waals surface area contributed by atoms with E-state index in [0.717, 1.165) is 16.7 Å². The highest BCUT2D eigenvalue weighted by Crippen LogP contribution is 2.49. The number of sulfone groups is 2. The molecule has 0 atom stereocenters. The minimum absolute atomic E-state index is 0.0564. The van der Waals surface area contributed by atoms with Crippen LogP contribution in [0.15, 0.2) is 109 Å². The lowest BCUT2D eigenvalue weighted by atomic mass is 9.68. The Kier molecular flexibility index (Phi) is 6.08. The molecule has 0 spiro atoms. The Hall–Kier alpha value is -3.49. The molecule has 2 aromatic rings. The highest BCUT2D eigenvalue weighted by atomic mass is 32.2. The fourth-order valence-electron chi connectivity index (χ4n) is 6.66. The van der Waals surface area contributed by atoms with Crippen molar-refractivity contribution in [2.75, 3.05) is 0 Å². The van der Waals surface area contributed by atoms with Crippen molar-refractivity contribution in [3.8, 4) is 0 Å². The predicted octanol–water partition coefficient (Wildman–Crippen LogP) is 7.04. The van der Waals surface area contributed by atoms with Gasteiger partial charge in [0.25, 0.3) is 0 Å². The molecule has 0 bridgehead atoms. The molecule has 6 rings (SSSR count). The van der Waals surface area contributed by atoms with E-state index < -0.39 is 25.5 Å². The second kappa shape index (κ2) is 9.00. The lowest BCUT2D eigenvalue weighted by Gasteiger charge is -2.37. The summed E-state index contributed by atoms with van der Waals surface area (Å²) in [6.07, 6.45) is 7.84. The van der Waals surface area contributed by atoms with E-state index in [1.54, 1.807) is 42.5 Å². The van der Waals surface area contributed by atoms with Crippen molar-refractivity contribution in [3.05, 3.63) is 110 Å². The van der Waals surface area contributed by atoms with E-state index in [-0.39, 0.29) is 41.8 Å². The van der Waals surface area contributed by atoms with E-state index in [9.17, 15) is 26.7 Å². The van der Waals surface area contributed by atoms with Gasteiger partial charge in [-0.1, -0.05) is 64.1 Å². The molecule has 0 amide bonds. The Morgan fingerprint density at radius 1 is 0.707 bits per heavy atom. The molecule has 4 aliphatic rings. The SMILES string of the molecule is CC1(C)CC(C2=C/C(=C/C3=C(O)c4ccccc4S3(=O)=O)CC(C)(C)C2)=C/C(=C2/C(=O)c3ccccc3S2(=O)=O)C1. The summed E-state index contributed by atoms with van der Waals surface area (Å²) in [4.78, 5) is 13.3. The number of carbonyl (C=O) groups is 1. The van der Waals surface area contributed by atoms with Crippen molar-refractivity contribution >= 4 is 31.2 Å². The third-order valence-corrected chi connectivity index (χ3v) is 12.0. The van der Waals surface area contributed by atoms with Gasteiger partial charge in [0.1, 0.15) is 15.6 Å². The molecule has 2 heterocycles. The fraction of sp³-hybridized carbons (Fsp3) is 0.303. The standard InChI is InChI=1S/C33H32O6S2/c1-32(2)16-20(14-28-29(34)24-9-5-7-11-26(24)40(28,36)37)13-21(17-32)22-15-23(19-33(3,4)18-22)31-30(35)25-10-6-8-12-27(25)41(31,38)39/h5-15,34H,16-19H2,1-4H3/b20-14-,31-23+. The minimum atomic E-state index is -3.94. The summed E-state index contributed by atoms with van der Waals surface area (Å²) in [5.74, 6) is -0.711. The third-order valence-electron chi connectivity index (χ3n) is 8.27. The van der Waals surface area contributed by atoms with Crippen LogP contribution in [0, 0.1) is 10.8 Å². The van der Waals surface area contributed by atoms with E-state index in [2.05, 4.69) is 27.7 Å². The second-order valence-electron chi connectivity index (χ2n) is 13.0. The monoisotopic (exact) mass is 588 g/mol. The van der Waals surface area contributed by atoms with Gasteiger partial charge in [0.05, 0.1) is 9.79 Å². The number of carbonyl (C=O) groups excluding carboxylic acids is 1. The lowest BCUT2D eigenvalue weighted by molar-refractivity contribution is 0.104. The number of hydrogen-bond acceptors (Lipinski definition) is 6. The van der Waals surface area contributed by atoms with Crippen LogP contribution in [0.1, 0.15) is 69.3 Å². The van der Waals surface area contributed by atoms with Crippen LogP contribution in [0.4, 0.5) is 0 Å². The van der Waals surface area contributed by atoms with Crippen molar-refractivity contribution < 1.29 is 26.7 Å². The van der Waals surface area contributed by atoms with Crippen LogP contribution in [0.2, 0.25) is 0 Å². The molecular formula is C33H32O6S2. The quantitative estimate of drug-likeness (QED) is 0.377. The normalized spacial score (nSPS) is 26.4. The van der Waals surface area contributed by atoms with Crippen molar-refractivity contribution in [3.63, 3.8) is 0 Å². The number of rotatable bonds is 2. The summed E-state index contributed by atoms with van der Waals surface area (Å²) in [5, 5.41) is 10.9. The van der Waals surface area contributed by atoms with Gasteiger partial charge in [-0.15, -0.1) is 0 Å². The molecular weight excluding hydrogens is 556 g/mol. The van der Waals surface area contributed by atoms with Crippen molar-refractivity contribution in [1.82, 2.24) is 0 Å². The summed E-state index contributed by atoms with van der Waals surface area (Å²) in [6, 6.07) is 12.8. The number of Topliss-reactive ketones (excluding diaryl/α,β-unsaturated/α-hetero) is 1. The molecule has 0 unspecified atom stereocenters. The molecule has 1 N–H and O–H groups in total. The molecule has 0 fully saturated rings. The molecule has 2 aliphatic heterocycles. The fourth-order valence-corrected chi connectivity index (χ4v) is 10.0. The predicted molar refractivity (Wildman–Crippen MR) is 158 cm³/mol. The van der Waals surface area contributed by atoms with Gasteiger partial charge in [-0.2, -0.15) is 0 Å². The summed E-state index contributed by atoms with van der Waals surface area (Å²) in [6.45, 7) is 8.34. The lowest BCUT2D eigenvalue weighted by Crippen LogP contribution is -2.24. The zero-order valence-corrected chi connectivity index (χ0v) is 25.1. The van der Waals surface area contributed by atoms with Crippen LogP contribution in [0.3, 0.4) is 0 Å². The molecule has 212 valence electrons. The maximum absolute atomic E-state index is 13.5. The summed E-state index contributed by atoms with van der Waals surface area (Å²) < 4.78 is 53.6. The first-order valence-electron chi connectivity index (χ1n) is 13.6. The van der Waals surface area contributed by atoms with Gasteiger partial charge in [0.15, 0.2) is 0 Å². The van der Waals surface area contributed by atoms with Crippen LogP contribution in [0.25, 0.3) is 5.76 Å². The second-order valence-corrected chi connectivity index (χ2v) is 16.7. The maximum Gasteiger partial charge on any atom is 0.211 e. The summed E-state index contributed by atoms with van der Waals surface area (Å²) >= 11 is 0. The Balaban J connectivity index is 1.49. The van der Waals surface area contributed by atoms with Crippen LogP contribution < -0.4 is 0 Å². The Morgan fingerprint density at radius 2 is 1.24 bits per heavy atom. The van der Waals surface area contributed by atoms with Crippen LogP contribution >= 0.6 is 0 Å². The van der Waals surface area contributed by atoms with Gasteiger partial charge in [-0.25, -0.2) is 16.8 Å². The van der Waals surface area contributed by atoms with Crippen LogP contribution in [0.5, 0.6) is 0 Å². The summed E-state index contributed by atoms with van der Waals surface area (Å²) in [5.41, 5.74) is 3.19. The van der Waals surface area contributed by atoms with Gasteiger partial charge in [-0.3, -0.25) is 4.79 Å². The van der Waals surface area contributed by atoms with Crippen molar-refractivity contribution in [2.45, 2.75) is 63.2 Å². The Labute approximate surface area is 241 Å². The van der Waals surface area contributed by atoms with Crippen molar-refractivity contribution in [2.24, 2.45) is 10.8 Å². The van der Waals surface area contributed by atoms with Gasteiger partial charge < -0.3 is 5.11 Å². The average Bonchev–Trinajstić information content (AvgIpc) is 3.21. The number of aliphatic hydroxyl groups excluding tert-OH is 1. The zero-order chi connectivity index (χ0) is 29.5. The number of allylic oxidation sites excluding steroid dienone is 8. The van der Waals surface area contributed by atoms with E-state index in [1.165, 1.54) is 12.1 Å². The number of ketones is 1. The smallest absolute Gasteiger partial charge is 0.211 e. The Bertz CT molecular complexity index is 1930. The molecule has 0 radical (unpaired) electrons. The molecule has 0 aromatic heterocycles. The van der Waals surface area contributed by atoms with Gasteiger partial charge >= 0.3 is 0 Å². The molecule has 2 aromatic carbocycles. The topological polar surface area (TPSA) is 106 Å². The highest BCUT2D eigenvalue weighted by molar-refractivity contribution is 7.97. The molecule has 2 aliphatic carbocycles. The van der Waals surface area contributed by atoms with Gasteiger partial charge in [0, 0.05) is 11.1 Å². The number of fused-ring (bicyclic) bond motifs is 2. The highest BCUT2D eigenvalue weighted by Gasteiger charge is 2.43. The van der Waals surface area contributed by atoms with E-state index in [4.69, 9.17) is 0 Å². The number of aliphatic hydroxyl groups is 1. The molecule has 41 heavy (non-hydrogen) atoms. The first-order chi connectivity index (χ1) is 19.1. The van der Waals surface area contributed by atoms with Crippen molar-refractivity contribution in [1.29, 1.82) is 0 Å². The largest absolute Gasteiger partial charge is 0.506 e.